The summed E-state index contributed by atoms with van der Waals surface area (Å²) in [6, 6.07) is 14.4. The van der Waals surface area contributed by atoms with Crippen LogP contribution in [0.1, 0.15) is 45.0 Å². The van der Waals surface area contributed by atoms with Gasteiger partial charge < -0.3 is 0 Å². The second kappa shape index (κ2) is 8.94. The lowest BCUT2D eigenvalue weighted by Crippen LogP contribution is -2.36. The van der Waals surface area contributed by atoms with Crippen molar-refractivity contribution in [3.8, 4) is 6.07 Å². The third-order valence-corrected chi connectivity index (χ3v) is 4.57. The van der Waals surface area contributed by atoms with Gasteiger partial charge >= 0.3 is 0 Å². The molecule has 146 valence electrons. The van der Waals surface area contributed by atoms with Gasteiger partial charge in [-0.15, -0.1) is 0 Å². The van der Waals surface area contributed by atoms with E-state index in [1.165, 1.54) is 11.3 Å². The van der Waals surface area contributed by atoms with Crippen LogP contribution in [0.2, 0.25) is 0 Å². The van der Waals surface area contributed by atoms with Gasteiger partial charge in [-0.05, 0) is 11.0 Å². The molecule has 6 nitrogen and oxygen atoms in total. The molecule has 28 heavy (non-hydrogen) atoms. The third kappa shape index (κ3) is 5.86. The Balaban J connectivity index is 1.70. The Morgan fingerprint density at radius 3 is 2.50 bits per heavy atom. The molecule has 2 aromatic rings. The average Bonchev–Trinajstić information content (AvgIpc) is 2.69. The SMILES string of the molecule is CC(C)(C)CN(N=C1CCN(Cc2ccccc2)CC1)c1ccnc(C#N)n1. The lowest BCUT2D eigenvalue weighted by molar-refractivity contribution is 0.266. The van der Waals surface area contributed by atoms with Crippen molar-refractivity contribution in [2.75, 3.05) is 24.6 Å². The molecule has 0 spiro atoms. The number of rotatable bonds is 5. The molecule has 2 heterocycles. The molecular weight excluding hydrogens is 348 g/mol. The topological polar surface area (TPSA) is 68.4 Å². The molecule has 1 saturated heterocycles. The van der Waals surface area contributed by atoms with Gasteiger partial charge in [-0.1, -0.05) is 51.1 Å². The second-order valence-electron chi connectivity index (χ2n) is 8.40. The highest BCUT2D eigenvalue weighted by Gasteiger charge is 2.21. The van der Waals surface area contributed by atoms with Gasteiger partial charge in [0.25, 0.3) is 0 Å². The summed E-state index contributed by atoms with van der Waals surface area (Å²) in [6.45, 7) is 10.2. The highest BCUT2D eigenvalue weighted by molar-refractivity contribution is 5.86. The molecule has 6 heteroatoms. The quantitative estimate of drug-likeness (QED) is 0.741. The second-order valence-corrected chi connectivity index (χ2v) is 8.40. The molecule has 0 aliphatic carbocycles. The number of piperidine rings is 1. The van der Waals surface area contributed by atoms with Crippen LogP contribution >= 0.6 is 0 Å². The molecule has 0 saturated carbocycles. The van der Waals surface area contributed by atoms with Gasteiger partial charge in [0.15, 0.2) is 5.82 Å². The van der Waals surface area contributed by atoms with E-state index >= 15 is 0 Å². The van der Waals surface area contributed by atoms with Crippen LogP contribution in [-0.4, -0.2) is 40.2 Å². The molecule has 1 aliphatic rings. The van der Waals surface area contributed by atoms with Crippen LogP contribution in [0.15, 0.2) is 47.7 Å². The maximum absolute atomic E-state index is 9.11. The largest absolute Gasteiger partial charge is 0.298 e. The fraction of sp³-hybridized carbons (Fsp3) is 0.455. The number of likely N-dealkylation sites (tertiary alicyclic amines) is 1. The fourth-order valence-electron chi connectivity index (χ4n) is 3.25. The molecule has 0 amide bonds. The van der Waals surface area contributed by atoms with Gasteiger partial charge in [0.05, 0.1) is 0 Å². The van der Waals surface area contributed by atoms with Crippen molar-refractivity contribution in [2.24, 2.45) is 10.5 Å². The monoisotopic (exact) mass is 376 g/mol. The fourth-order valence-corrected chi connectivity index (χ4v) is 3.25. The number of nitriles is 1. The Morgan fingerprint density at radius 2 is 1.86 bits per heavy atom. The zero-order chi connectivity index (χ0) is 20.0. The van der Waals surface area contributed by atoms with Crippen molar-refractivity contribution in [1.29, 1.82) is 5.26 Å². The Bertz CT molecular complexity index is 837. The van der Waals surface area contributed by atoms with Crippen LogP contribution < -0.4 is 5.01 Å². The van der Waals surface area contributed by atoms with E-state index in [1.54, 1.807) is 6.20 Å². The van der Waals surface area contributed by atoms with Crippen molar-refractivity contribution in [3.05, 3.63) is 54.0 Å². The van der Waals surface area contributed by atoms with Crippen LogP contribution in [0.25, 0.3) is 0 Å². The molecule has 0 radical (unpaired) electrons. The van der Waals surface area contributed by atoms with Gasteiger partial charge in [0.1, 0.15) is 6.07 Å². The summed E-state index contributed by atoms with van der Waals surface area (Å²) in [7, 11) is 0. The molecule has 0 unspecified atom stereocenters. The van der Waals surface area contributed by atoms with E-state index in [1.807, 2.05) is 17.1 Å². The molecule has 0 N–H and O–H groups in total. The van der Waals surface area contributed by atoms with Crippen LogP contribution in [0.5, 0.6) is 0 Å². The minimum Gasteiger partial charge on any atom is -0.298 e. The number of nitrogens with zero attached hydrogens (tertiary/aromatic N) is 6. The number of anilines is 1. The van der Waals surface area contributed by atoms with Gasteiger partial charge in [0.2, 0.25) is 5.82 Å². The summed E-state index contributed by atoms with van der Waals surface area (Å²) >= 11 is 0. The van der Waals surface area contributed by atoms with E-state index in [2.05, 4.69) is 66.0 Å². The first-order valence-corrected chi connectivity index (χ1v) is 9.76. The predicted octanol–water partition coefficient (Wildman–Crippen LogP) is 3.85. The van der Waals surface area contributed by atoms with Crippen molar-refractivity contribution in [3.63, 3.8) is 0 Å². The Labute approximate surface area is 167 Å². The summed E-state index contributed by atoms with van der Waals surface area (Å²) in [4.78, 5) is 10.8. The van der Waals surface area contributed by atoms with Crippen LogP contribution in [0, 0.1) is 16.7 Å². The van der Waals surface area contributed by atoms with Crippen molar-refractivity contribution in [2.45, 2.75) is 40.2 Å². The highest BCUT2D eigenvalue weighted by atomic mass is 15.5. The van der Waals surface area contributed by atoms with E-state index in [9.17, 15) is 0 Å². The molecule has 0 atom stereocenters. The summed E-state index contributed by atoms with van der Waals surface area (Å²) in [5.41, 5.74) is 2.59. The molecule has 0 bridgehead atoms. The standard InChI is InChI=1S/C22H28N6/c1-22(2,3)17-28(21-9-12-24-20(15-23)25-21)26-19-10-13-27(14-11-19)16-18-7-5-4-6-8-18/h4-9,12H,10-11,13-14,16-17H2,1-3H3. The molecule has 1 aromatic carbocycles. The van der Waals surface area contributed by atoms with Gasteiger partial charge in [-0.2, -0.15) is 15.3 Å². The summed E-state index contributed by atoms with van der Waals surface area (Å²) < 4.78 is 0. The average molecular weight is 377 g/mol. The predicted molar refractivity (Wildman–Crippen MR) is 112 cm³/mol. The normalized spacial score (nSPS) is 15.1. The van der Waals surface area contributed by atoms with Gasteiger partial charge in [0, 0.05) is 57.0 Å². The zero-order valence-electron chi connectivity index (χ0n) is 17.0. The van der Waals surface area contributed by atoms with Crippen molar-refractivity contribution >= 4 is 11.5 Å². The number of hydrogen-bond donors (Lipinski definition) is 0. The molecule has 3 rings (SSSR count). The van der Waals surface area contributed by atoms with Crippen LogP contribution in [0.3, 0.4) is 0 Å². The highest BCUT2D eigenvalue weighted by Crippen LogP contribution is 2.22. The van der Waals surface area contributed by atoms with E-state index in [4.69, 9.17) is 10.4 Å². The van der Waals surface area contributed by atoms with E-state index < -0.39 is 0 Å². The lowest BCUT2D eigenvalue weighted by atomic mass is 9.97. The van der Waals surface area contributed by atoms with Crippen LogP contribution in [0.4, 0.5) is 5.82 Å². The summed E-state index contributed by atoms with van der Waals surface area (Å²) in [5.74, 6) is 0.856. The Morgan fingerprint density at radius 1 is 1.14 bits per heavy atom. The molecule has 1 aromatic heterocycles. The summed E-state index contributed by atoms with van der Waals surface area (Å²) in [5, 5.41) is 16.0. The third-order valence-electron chi connectivity index (χ3n) is 4.57. The Hall–Kier alpha value is -2.78. The van der Waals surface area contributed by atoms with E-state index in [-0.39, 0.29) is 11.2 Å². The maximum Gasteiger partial charge on any atom is 0.234 e. The zero-order valence-corrected chi connectivity index (χ0v) is 17.0. The maximum atomic E-state index is 9.11. The number of hydrazone groups is 1. The van der Waals surface area contributed by atoms with Crippen LogP contribution in [-0.2, 0) is 6.54 Å². The summed E-state index contributed by atoms with van der Waals surface area (Å²) in [6.07, 6.45) is 3.52. The van der Waals surface area contributed by atoms with Gasteiger partial charge in [-0.25, -0.2) is 9.99 Å². The smallest absolute Gasteiger partial charge is 0.234 e. The number of benzene rings is 1. The van der Waals surface area contributed by atoms with Gasteiger partial charge in [-0.3, -0.25) is 4.90 Å². The molecule has 1 aliphatic heterocycles. The molecular formula is C22H28N6. The van der Waals surface area contributed by atoms with Crippen molar-refractivity contribution < 1.29 is 0 Å². The molecule has 1 fully saturated rings. The minimum atomic E-state index is 0.0514. The minimum absolute atomic E-state index is 0.0514. The number of hydrogen-bond acceptors (Lipinski definition) is 6. The first-order chi connectivity index (χ1) is 13.4. The lowest BCUT2D eigenvalue weighted by Gasteiger charge is -2.31. The van der Waals surface area contributed by atoms with E-state index in [0.29, 0.717) is 5.82 Å². The first kappa shape index (κ1) is 20.0. The Kier molecular flexibility index (Phi) is 6.37. The van der Waals surface area contributed by atoms with Crippen molar-refractivity contribution in [1.82, 2.24) is 14.9 Å². The first-order valence-electron chi connectivity index (χ1n) is 9.76. The van der Waals surface area contributed by atoms with E-state index in [0.717, 1.165) is 39.0 Å². The number of aromatic nitrogens is 2.